The van der Waals surface area contributed by atoms with Gasteiger partial charge in [0.15, 0.2) is 0 Å². The molecule has 0 saturated carbocycles. The van der Waals surface area contributed by atoms with Gasteiger partial charge in [-0.05, 0) is 0 Å². The van der Waals surface area contributed by atoms with E-state index in [0.717, 1.165) is 3.07 Å². The summed E-state index contributed by atoms with van der Waals surface area (Å²) in [6.45, 7) is 0. The molecule has 0 saturated heterocycles. The predicted molar refractivity (Wildman–Crippen MR) is 52.9 cm³/mol. The molecule has 1 aromatic carbocycles. The molecule has 0 atom stereocenters. The molecule has 0 radical (unpaired) electrons. The van der Waals surface area contributed by atoms with E-state index in [4.69, 9.17) is 13.4 Å². The van der Waals surface area contributed by atoms with E-state index in [0.29, 0.717) is 5.56 Å². The normalized spacial score (nSPS) is 9.50. The fourth-order valence-corrected chi connectivity index (χ4v) is 12.2. The first kappa shape index (κ1) is 10.7. The maximum atomic E-state index is 10.7. The van der Waals surface area contributed by atoms with E-state index < -0.39 is 23.4 Å². The number of carboxylic acids is 1. The van der Waals surface area contributed by atoms with Gasteiger partial charge in [-0.25, -0.2) is 0 Å². The number of hydrogen-bond donors (Lipinski definition) is 1. The summed E-state index contributed by atoms with van der Waals surface area (Å²) >= 11 is -0.206. The summed E-state index contributed by atoms with van der Waals surface area (Å²) in [5.74, 6) is -0.879. The van der Waals surface area contributed by atoms with E-state index in [-0.39, 0.29) is 0 Å². The van der Waals surface area contributed by atoms with Crippen LogP contribution in [-0.4, -0.2) is 11.1 Å². The van der Waals surface area contributed by atoms with E-state index in [2.05, 4.69) is 17.7 Å². The third-order valence-electron chi connectivity index (χ3n) is 1.54. The molecular weight excluding hydrogens is 479 g/mol. The van der Waals surface area contributed by atoms with Gasteiger partial charge in [0.2, 0.25) is 0 Å². The Morgan fingerprint density at radius 1 is 1.50 bits per heavy atom. The van der Waals surface area contributed by atoms with E-state index in [1.165, 1.54) is 0 Å². The number of aromatic carboxylic acids is 1. The summed E-state index contributed by atoms with van der Waals surface area (Å²) in [5, 5.41) is 8.79. The van der Waals surface area contributed by atoms with Crippen LogP contribution in [0.1, 0.15) is 10.4 Å². The molecule has 0 aromatic heterocycles. The Labute approximate surface area is 91.0 Å². The number of hydrogen-bond acceptors (Lipinski definition) is 1. The second kappa shape index (κ2) is 4.76. The minimum absolute atomic E-state index is 0.373. The molecule has 0 fully saturated rings. The minimum atomic E-state index is -2.41. The van der Waals surface area contributed by atoms with Gasteiger partial charge in [-0.3, -0.25) is 0 Å². The van der Waals surface area contributed by atoms with Crippen molar-refractivity contribution in [2.24, 2.45) is 0 Å². The zero-order valence-corrected chi connectivity index (χ0v) is 14.5. The first-order valence-corrected chi connectivity index (χ1v) is 28.4. The Morgan fingerprint density at radius 2 is 2.08 bits per heavy atom. The van der Waals surface area contributed by atoms with Crippen LogP contribution >= 0.6 is 25.9 Å². The first-order valence-electron chi connectivity index (χ1n) is 3.39. The van der Waals surface area contributed by atoms with Gasteiger partial charge in [0.25, 0.3) is 0 Å². The van der Waals surface area contributed by atoms with E-state index >= 15 is 0 Å². The van der Waals surface area contributed by atoms with Crippen LogP contribution in [0.3, 0.4) is 0 Å². The van der Waals surface area contributed by atoms with Gasteiger partial charge in [-0.2, -0.15) is 0 Å². The number of benzene rings is 1. The van der Waals surface area contributed by atoms with Crippen LogP contribution in [0.4, 0.5) is 0 Å². The van der Waals surface area contributed by atoms with Crippen LogP contribution in [0.15, 0.2) is 24.3 Å². The van der Waals surface area contributed by atoms with Crippen molar-refractivity contribution in [2.45, 2.75) is 0 Å². The Balaban J connectivity index is 3.17. The molecule has 0 aliphatic carbocycles. The third kappa shape index (κ3) is 2.57. The van der Waals surface area contributed by atoms with Crippen molar-refractivity contribution in [3.05, 3.63) is 29.8 Å². The van der Waals surface area contributed by atoms with Gasteiger partial charge in [0.05, 0.1) is 0 Å². The van der Waals surface area contributed by atoms with Crippen molar-refractivity contribution in [1.29, 1.82) is 0 Å². The van der Waals surface area contributed by atoms with Crippen LogP contribution in [0, 0.1) is 0 Å². The molecule has 0 aliphatic heterocycles. The zero-order chi connectivity index (χ0) is 9.14. The predicted octanol–water partition coefficient (Wildman–Crippen LogP) is 2.13. The molecule has 0 heterocycles. The van der Waals surface area contributed by atoms with Gasteiger partial charge >= 0.3 is 92.2 Å². The molecule has 61 valence electrons. The van der Waals surface area contributed by atoms with E-state index in [1.54, 1.807) is 12.1 Å². The van der Waals surface area contributed by atoms with Crippen molar-refractivity contribution in [3.63, 3.8) is 0 Å². The van der Waals surface area contributed by atoms with Crippen LogP contribution in [-0.2, 0) is 17.5 Å². The average Bonchev–Trinajstić information content (AvgIpc) is 2.04. The van der Waals surface area contributed by atoms with Gasteiger partial charge in [0.1, 0.15) is 0 Å². The molecular formula is C7H5ClHgIO2. The number of carbonyl (C=O) groups is 1. The second-order valence-corrected chi connectivity index (χ2v) is 34.1. The molecule has 0 amide bonds. The standard InChI is InChI=1S/C7H5O2.ClH.Hg.HI/c8-7(9)6-4-2-1-3-5-6;;;/h1-4H,(H,8,9);1H;;1H/q;;+2;/p-2. The topological polar surface area (TPSA) is 37.3 Å². The fraction of sp³-hybridized carbons (Fsp3) is 0. The second-order valence-electron chi connectivity index (χ2n) is 2.33. The summed E-state index contributed by atoms with van der Waals surface area (Å²) < 4.78 is 0.877. The SMILES string of the molecule is O=C(O)c1cccc[c]1[Hg]([Cl])[I]. The van der Waals surface area contributed by atoms with Gasteiger partial charge in [-0.1, -0.05) is 0 Å². The molecule has 1 N–H and O–H groups in total. The molecule has 5 heteroatoms. The summed E-state index contributed by atoms with van der Waals surface area (Å²) in [4.78, 5) is 10.7. The Kier molecular flexibility index (Phi) is 4.26. The Morgan fingerprint density at radius 3 is 2.50 bits per heavy atom. The van der Waals surface area contributed by atoms with Crippen LogP contribution < -0.4 is 3.07 Å². The Hall–Kier alpha value is 0.645. The van der Waals surface area contributed by atoms with Crippen molar-refractivity contribution in [1.82, 2.24) is 0 Å². The van der Waals surface area contributed by atoms with E-state index in [9.17, 15) is 4.79 Å². The van der Waals surface area contributed by atoms with Gasteiger partial charge < -0.3 is 0 Å². The summed E-state index contributed by atoms with van der Waals surface area (Å²) in [6, 6.07) is 6.98. The number of rotatable bonds is 2. The fourth-order valence-electron chi connectivity index (χ4n) is 0.962. The molecule has 2 nitrogen and oxygen atoms in total. The summed E-state index contributed by atoms with van der Waals surface area (Å²) in [6.07, 6.45) is 0. The molecule has 12 heavy (non-hydrogen) atoms. The maximum absolute atomic E-state index is 10.7. The summed E-state index contributed by atoms with van der Waals surface area (Å²) in [7, 11) is 6.01. The van der Waals surface area contributed by atoms with Gasteiger partial charge in [-0.15, -0.1) is 0 Å². The number of halogens is 2. The Bertz CT molecular complexity index is 303. The van der Waals surface area contributed by atoms with E-state index in [1.807, 2.05) is 12.1 Å². The molecule has 0 spiro atoms. The third-order valence-corrected chi connectivity index (χ3v) is 15.9. The van der Waals surface area contributed by atoms with Crippen LogP contribution in [0.2, 0.25) is 0 Å². The first-order chi connectivity index (χ1) is 5.63. The van der Waals surface area contributed by atoms with Crippen molar-refractivity contribution >= 4 is 35.0 Å². The quantitative estimate of drug-likeness (QED) is 0.517. The molecule has 1 aromatic rings. The number of carboxylic acid groups (broad SMARTS) is 1. The van der Waals surface area contributed by atoms with Crippen LogP contribution in [0.25, 0.3) is 0 Å². The molecule has 0 bridgehead atoms. The summed E-state index contributed by atoms with van der Waals surface area (Å²) in [5.41, 5.74) is 0.373. The van der Waals surface area contributed by atoms with Crippen molar-refractivity contribution < 1.29 is 27.4 Å². The van der Waals surface area contributed by atoms with Gasteiger partial charge in [0, 0.05) is 0 Å². The van der Waals surface area contributed by atoms with Crippen molar-refractivity contribution in [3.8, 4) is 0 Å². The molecule has 0 aliphatic rings. The van der Waals surface area contributed by atoms with Crippen LogP contribution in [0.5, 0.6) is 0 Å². The average molecular weight is 484 g/mol. The molecule has 1 rings (SSSR count). The molecule has 0 unspecified atom stereocenters. The van der Waals surface area contributed by atoms with Crippen molar-refractivity contribution in [2.75, 3.05) is 0 Å². The zero-order valence-electron chi connectivity index (χ0n) is 6.13. The monoisotopic (exact) mass is 485 g/mol.